The number of thiazole rings is 1. The molecule has 0 radical (unpaired) electrons. The Morgan fingerprint density at radius 2 is 2.54 bits per heavy atom. The lowest BCUT2D eigenvalue weighted by atomic mass is 10.0. The van der Waals surface area contributed by atoms with Crippen molar-refractivity contribution in [2.24, 2.45) is 5.92 Å². The van der Waals surface area contributed by atoms with E-state index in [1.54, 1.807) is 11.3 Å². The normalized spacial score (nSPS) is 28.2. The molecule has 1 fully saturated rings. The average Bonchev–Trinajstić information content (AvgIpc) is 2.64. The first kappa shape index (κ1) is 9.12. The van der Waals surface area contributed by atoms with Crippen molar-refractivity contribution in [3.8, 4) is 0 Å². The number of aliphatic hydroxyl groups is 1. The Bertz CT molecular complexity index is 287. The van der Waals surface area contributed by atoms with Gasteiger partial charge in [0.1, 0.15) is 0 Å². The zero-order chi connectivity index (χ0) is 9.26. The molecule has 1 aliphatic heterocycles. The number of β-amino-alcohol motifs (C(OH)–C–C–N with tert-alkyl or cyclic N) is 1. The molecule has 3 nitrogen and oxygen atoms in total. The number of aryl methyl sites for hydroxylation is 1. The van der Waals surface area contributed by atoms with Crippen LogP contribution in [0, 0.1) is 12.8 Å². The molecule has 2 unspecified atom stereocenters. The fourth-order valence-electron chi connectivity index (χ4n) is 1.69. The Balaban J connectivity index is 1.97. The van der Waals surface area contributed by atoms with Crippen LogP contribution in [0.5, 0.6) is 0 Å². The minimum Gasteiger partial charge on any atom is -0.391 e. The van der Waals surface area contributed by atoms with Crippen molar-refractivity contribution in [1.82, 2.24) is 10.3 Å². The zero-order valence-electron chi connectivity index (χ0n) is 7.66. The zero-order valence-corrected chi connectivity index (χ0v) is 8.47. The highest BCUT2D eigenvalue weighted by Gasteiger charge is 2.25. The van der Waals surface area contributed by atoms with Gasteiger partial charge in [-0.05, 0) is 13.3 Å². The van der Waals surface area contributed by atoms with E-state index < -0.39 is 0 Å². The first-order valence-electron chi connectivity index (χ1n) is 4.56. The van der Waals surface area contributed by atoms with E-state index in [0.29, 0.717) is 5.92 Å². The third kappa shape index (κ3) is 2.07. The highest BCUT2D eigenvalue weighted by molar-refractivity contribution is 7.11. The van der Waals surface area contributed by atoms with Gasteiger partial charge < -0.3 is 10.4 Å². The Morgan fingerprint density at radius 1 is 1.69 bits per heavy atom. The molecule has 0 spiro atoms. The molecule has 72 valence electrons. The summed E-state index contributed by atoms with van der Waals surface area (Å²) >= 11 is 1.73. The topological polar surface area (TPSA) is 45.2 Å². The molecule has 0 aliphatic carbocycles. The van der Waals surface area contributed by atoms with E-state index in [1.807, 2.05) is 13.1 Å². The Labute approximate surface area is 81.8 Å². The molecular formula is C9H14N2OS. The maximum absolute atomic E-state index is 9.58. The summed E-state index contributed by atoms with van der Waals surface area (Å²) in [5, 5.41) is 13.9. The van der Waals surface area contributed by atoms with Crippen molar-refractivity contribution in [2.45, 2.75) is 19.4 Å². The van der Waals surface area contributed by atoms with Crippen molar-refractivity contribution < 1.29 is 5.11 Å². The van der Waals surface area contributed by atoms with Crippen LogP contribution in [0.4, 0.5) is 0 Å². The molecule has 4 heteroatoms. The van der Waals surface area contributed by atoms with Gasteiger partial charge in [0.25, 0.3) is 0 Å². The summed E-state index contributed by atoms with van der Waals surface area (Å²) in [5.74, 6) is 0.375. The van der Waals surface area contributed by atoms with Crippen molar-refractivity contribution in [3.05, 3.63) is 16.1 Å². The first-order chi connectivity index (χ1) is 6.25. The van der Waals surface area contributed by atoms with E-state index in [-0.39, 0.29) is 6.10 Å². The van der Waals surface area contributed by atoms with Gasteiger partial charge in [-0.1, -0.05) is 0 Å². The summed E-state index contributed by atoms with van der Waals surface area (Å²) in [6, 6.07) is 0. The largest absolute Gasteiger partial charge is 0.391 e. The van der Waals surface area contributed by atoms with Gasteiger partial charge >= 0.3 is 0 Å². The molecule has 1 saturated heterocycles. The summed E-state index contributed by atoms with van der Waals surface area (Å²) < 4.78 is 0. The van der Waals surface area contributed by atoms with Gasteiger partial charge in [0.2, 0.25) is 0 Å². The molecule has 2 rings (SSSR count). The molecule has 13 heavy (non-hydrogen) atoms. The molecule has 2 N–H and O–H groups in total. The fourth-order valence-corrected chi connectivity index (χ4v) is 2.57. The summed E-state index contributed by atoms with van der Waals surface area (Å²) in [5.41, 5.74) is 0. The monoisotopic (exact) mass is 198 g/mol. The van der Waals surface area contributed by atoms with E-state index in [1.165, 1.54) is 4.88 Å². The van der Waals surface area contributed by atoms with Gasteiger partial charge in [-0.25, -0.2) is 4.98 Å². The Kier molecular flexibility index (Phi) is 2.62. The maximum atomic E-state index is 9.58. The van der Waals surface area contributed by atoms with E-state index in [9.17, 15) is 5.11 Å². The lowest BCUT2D eigenvalue weighted by Gasteiger charge is -2.10. The highest BCUT2D eigenvalue weighted by Crippen LogP contribution is 2.20. The van der Waals surface area contributed by atoms with Crippen molar-refractivity contribution in [1.29, 1.82) is 0 Å². The summed E-state index contributed by atoms with van der Waals surface area (Å²) in [4.78, 5) is 5.48. The quantitative estimate of drug-likeness (QED) is 0.730. The highest BCUT2D eigenvalue weighted by atomic mass is 32.1. The van der Waals surface area contributed by atoms with Crippen LogP contribution in [0.25, 0.3) is 0 Å². The SMILES string of the molecule is Cc1ncc(CC2CNCC2O)s1. The molecule has 2 atom stereocenters. The predicted octanol–water partition coefficient (Wildman–Crippen LogP) is 0.574. The number of nitrogens with one attached hydrogen (secondary N) is 1. The lowest BCUT2D eigenvalue weighted by Crippen LogP contribution is -2.19. The van der Waals surface area contributed by atoms with Crippen LogP contribution in [0.1, 0.15) is 9.88 Å². The third-order valence-electron chi connectivity index (χ3n) is 2.44. The molecule has 2 heterocycles. The minimum atomic E-state index is -0.178. The van der Waals surface area contributed by atoms with Crippen molar-refractivity contribution in [2.75, 3.05) is 13.1 Å². The van der Waals surface area contributed by atoms with E-state index in [0.717, 1.165) is 24.5 Å². The summed E-state index contributed by atoms with van der Waals surface area (Å²) in [6.07, 6.45) is 2.70. The lowest BCUT2D eigenvalue weighted by molar-refractivity contribution is 0.148. The molecule has 0 amide bonds. The molecule has 1 aromatic rings. The number of aromatic nitrogens is 1. The molecule has 1 aromatic heterocycles. The standard InChI is InChI=1S/C9H14N2OS/c1-6-11-4-8(13-6)2-7-3-10-5-9(7)12/h4,7,9-10,12H,2-3,5H2,1H3. The number of aliphatic hydroxyl groups excluding tert-OH is 1. The summed E-state index contributed by atoms with van der Waals surface area (Å²) in [7, 11) is 0. The second kappa shape index (κ2) is 3.74. The van der Waals surface area contributed by atoms with Gasteiger partial charge in [-0.2, -0.15) is 0 Å². The van der Waals surface area contributed by atoms with Crippen LogP contribution >= 0.6 is 11.3 Å². The molecule has 0 bridgehead atoms. The second-order valence-corrected chi connectivity index (χ2v) is 4.85. The van der Waals surface area contributed by atoms with Crippen LogP contribution in [-0.4, -0.2) is 29.3 Å². The Morgan fingerprint density at radius 3 is 3.08 bits per heavy atom. The van der Waals surface area contributed by atoms with Crippen LogP contribution in [-0.2, 0) is 6.42 Å². The van der Waals surface area contributed by atoms with Gasteiger partial charge in [0, 0.05) is 30.1 Å². The smallest absolute Gasteiger partial charge is 0.0896 e. The fraction of sp³-hybridized carbons (Fsp3) is 0.667. The molecular weight excluding hydrogens is 184 g/mol. The van der Waals surface area contributed by atoms with Gasteiger partial charge in [-0.15, -0.1) is 11.3 Å². The third-order valence-corrected chi connectivity index (χ3v) is 3.37. The van der Waals surface area contributed by atoms with E-state index in [2.05, 4.69) is 10.3 Å². The number of hydrogen-bond donors (Lipinski definition) is 2. The van der Waals surface area contributed by atoms with Crippen LogP contribution in [0.3, 0.4) is 0 Å². The van der Waals surface area contributed by atoms with Crippen LogP contribution in [0.2, 0.25) is 0 Å². The van der Waals surface area contributed by atoms with Crippen LogP contribution < -0.4 is 5.32 Å². The average molecular weight is 198 g/mol. The molecule has 1 aliphatic rings. The Hall–Kier alpha value is -0.450. The van der Waals surface area contributed by atoms with Crippen molar-refractivity contribution >= 4 is 11.3 Å². The van der Waals surface area contributed by atoms with E-state index in [4.69, 9.17) is 0 Å². The molecule has 0 aromatic carbocycles. The second-order valence-electron chi connectivity index (χ2n) is 3.54. The van der Waals surface area contributed by atoms with Gasteiger partial charge in [0.15, 0.2) is 0 Å². The first-order valence-corrected chi connectivity index (χ1v) is 5.37. The van der Waals surface area contributed by atoms with Crippen molar-refractivity contribution in [3.63, 3.8) is 0 Å². The maximum Gasteiger partial charge on any atom is 0.0896 e. The number of rotatable bonds is 2. The molecule has 0 saturated carbocycles. The minimum absolute atomic E-state index is 0.178. The van der Waals surface area contributed by atoms with Gasteiger partial charge in [0.05, 0.1) is 11.1 Å². The number of hydrogen-bond acceptors (Lipinski definition) is 4. The van der Waals surface area contributed by atoms with Gasteiger partial charge in [-0.3, -0.25) is 0 Å². The summed E-state index contributed by atoms with van der Waals surface area (Å²) in [6.45, 7) is 3.68. The van der Waals surface area contributed by atoms with Crippen LogP contribution in [0.15, 0.2) is 6.20 Å². The number of nitrogens with zero attached hydrogens (tertiary/aromatic N) is 1. The van der Waals surface area contributed by atoms with E-state index >= 15 is 0 Å². The predicted molar refractivity (Wildman–Crippen MR) is 52.9 cm³/mol.